The molecule has 5 heteroatoms. The number of imidazole rings is 1. The summed E-state index contributed by atoms with van der Waals surface area (Å²) in [6, 6.07) is 10.0. The van der Waals surface area contributed by atoms with Crippen LogP contribution in [-0.2, 0) is 11.3 Å². The zero-order chi connectivity index (χ0) is 16.2. The van der Waals surface area contributed by atoms with Crippen LogP contribution in [0.2, 0.25) is 0 Å². The van der Waals surface area contributed by atoms with Gasteiger partial charge >= 0.3 is 0 Å². The van der Waals surface area contributed by atoms with Gasteiger partial charge in [0.15, 0.2) is 6.10 Å². The number of benzene rings is 1. The quantitative estimate of drug-likeness (QED) is 0.855. The van der Waals surface area contributed by atoms with Crippen LogP contribution >= 0.6 is 0 Å². The molecule has 1 aliphatic carbocycles. The molecule has 23 heavy (non-hydrogen) atoms. The zero-order valence-electron chi connectivity index (χ0n) is 13.6. The van der Waals surface area contributed by atoms with E-state index in [1.807, 2.05) is 56.7 Å². The molecule has 1 atom stereocenters. The van der Waals surface area contributed by atoms with Crippen molar-refractivity contribution in [2.45, 2.75) is 45.4 Å². The summed E-state index contributed by atoms with van der Waals surface area (Å²) in [4.78, 5) is 16.7. The van der Waals surface area contributed by atoms with E-state index in [9.17, 15) is 4.79 Å². The number of rotatable bonds is 7. The Balaban J connectivity index is 1.61. The minimum absolute atomic E-state index is 0.0866. The van der Waals surface area contributed by atoms with Gasteiger partial charge in [0.1, 0.15) is 5.75 Å². The lowest BCUT2D eigenvalue weighted by atomic mass is 10.1. The van der Waals surface area contributed by atoms with E-state index in [1.165, 1.54) is 12.8 Å². The van der Waals surface area contributed by atoms with Crippen molar-refractivity contribution in [1.82, 2.24) is 14.9 Å². The highest BCUT2D eigenvalue weighted by Gasteiger charge is 2.27. The van der Waals surface area contributed by atoms with Crippen LogP contribution in [0.3, 0.4) is 0 Å². The van der Waals surface area contributed by atoms with E-state index in [0.29, 0.717) is 18.3 Å². The van der Waals surface area contributed by atoms with Gasteiger partial charge in [-0.05, 0) is 30.9 Å². The molecule has 0 spiro atoms. The molecule has 5 nitrogen and oxygen atoms in total. The highest BCUT2D eigenvalue weighted by atomic mass is 16.5. The number of nitrogens with zero attached hydrogens (tertiary/aromatic N) is 2. The maximum absolute atomic E-state index is 12.5. The summed E-state index contributed by atoms with van der Waals surface area (Å²) in [6.07, 6.45) is 5.56. The number of nitrogens with one attached hydrogen (secondary N) is 1. The molecule has 122 valence electrons. The van der Waals surface area contributed by atoms with Crippen molar-refractivity contribution in [2.24, 2.45) is 5.92 Å². The maximum atomic E-state index is 12.5. The second-order valence-electron chi connectivity index (χ2n) is 6.34. The summed E-state index contributed by atoms with van der Waals surface area (Å²) in [6.45, 7) is 4.46. The lowest BCUT2D eigenvalue weighted by Crippen LogP contribution is -2.41. The fraction of sp³-hybridized carbons (Fsp3) is 0.444. The fourth-order valence-electron chi connectivity index (χ4n) is 2.57. The molecule has 0 aliphatic heterocycles. The first-order valence-corrected chi connectivity index (χ1v) is 8.15. The second kappa shape index (κ2) is 6.86. The van der Waals surface area contributed by atoms with Crippen molar-refractivity contribution in [3.8, 4) is 5.75 Å². The number of hydrogen-bond acceptors (Lipinski definition) is 3. The Morgan fingerprint density at radius 2 is 2.09 bits per heavy atom. The largest absolute Gasteiger partial charge is 0.480 e. The molecule has 0 radical (unpaired) electrons. The van der Waals surface area contributed by atoms with Crippen LogP contribution in [0.15, 0.2) is 42.9 Å². The van der Waals surface area contributed by atoms with Gasteiger partial charge < -0.3 is 14.6 Å². The lowest BCUT2D eigenvalue weighted by molar-refractivity contribution is -0.130. The van der Waals surface area contributed by atoms with Gasteiger partial charge in [-0.3, -0.25) is 4.79 Å². The minimum atomic E-state index is -0.505. The summed E-state index contributed by atoms with van der Waals surface area (Å²) < 4.78 is 8.02. The summed E-state index contributed by atoms with van der Waals surface area (Å²) in [5.41, 5.74) is 1.04. The first-order chi connectivity index (χ1) is 11.1. The smallest absolute Gasteiger partial charge is 0.261 e. The van der Waals surface area contributed by atoms with Gasteiger partial charge in [-0.15, -0.1) is 0 Å². The van der Waals surface area contributed by atoms with E-state index in [0.717, 1.165) is 5.69 Å². The Morgan fingerprint density at radius 1 is 1.35 bits per heavy atom. The third kappa shape index (κ3) is 3.92. The highest BCUT2D eigenvalue weighted by molar-refractivity contribution is 5.81. The van der Waals surface area contributed by atoms with Crippen molar-refractivity contribution in [3.63, 3.8) is 0 Å². The van der Waals surface area contributed by atoms with E-state index in [2.05, 4.69) is 14.9 Å². The molecular weight excluding hydrogens is 290 g/mol. The Labute approximate surface area is 136 Å². The average molecular weight is 313 g/mol. The number of carbonyl (C=O) groups excluding carboxylic acids is 1. The zero-order valence-corrected chi connectivity index (χ0v) is 13.6. The SMILES string of the molecule is CC(C)[C@H](Oc1ccccc1)C(=O)NCc1cncn1C1CC1. The average Bonchev–Trinajstić information content (AvgIpc) is 3.29. The molecule has 1 fully saturated rings. The number of carbonyl (C=O) groups is 1. The molecule has 1 saturated carbocycles. The Bertz CT molecular complexity index is 647. The summed E-state index contributed by atoms with van der Waals surface area (Å²) in [5.74, 6) is 0.709. The molecule has 3 rings (SSSR count). The normalized spacial score (nSPS) is 15.4. The number of para-hydroxylation sites is 1. The van der Waals surface area contributed by atoms with Gasteiger partial charge in [0, 0.05) is 12.2 Å². The molecule has 0 bridgehead atoms. The standard InChI is InChI=1S/C18H23N3O2/c1-13(2)17(23-16-6-4-3-5-7-16)18(22)20-11-15-10-19-12-21(15)14-8-9-14/h3-7,10,12-14,17H,8-9,11H2,1-2H3,(H,20,22)/t17-/m0/s1. The third-order valence-corrected chi connectivity index (χ3v) is 4.00. The van der Waals surface area contributed by atoms with Crippen molar-refractivity contribution in [3.05, 3.63) is 48.5 Å². The van der Waals surface area contributed by atoms with Crippen LogP contribution in [0, 0.1) is 5.92 Å². The molecule has 1 amide bonds. The van der Waals surface area contributed by atoms with Crippen molar-refractivity contribution < 1.29 is 9.53 Å². The number of amides is 1. The van der Waals surface area contributed by atoms with Gasteiger partial charge in [0.2, 0.25) is 0 Å². The molecule has 1 aromatic carbocycles. The first kappa shape index (κ1) is 15.6. The Morgan fingerprint density at radius 3 is 2.74 bits per heavy atom. The second-order valence-corrected chi connectivity index (χ2v) is 6.34. The topological polar surface area (TPSA) is 56.1 Å². The Hall–Kier alpha value is -2.30. The summed E-state index contributed by atoms with van der Waals surface area (Å²) >= 11 is 0. The van der Waals surface area contributed by atoms with Gasteiger partial charge in [0.25, 0.3) is 5.91 Å². The van der Waals surface area contributed by atoms with Gasteiger partial charge in [-0.1, -0.05) is 32.0 Å². The fourth-order valence-corrected chi connectivity index (χ4v) is 2.57. The molecule has 1 heterocycles. The van der Waals surface area contributed by atoms with Crippen LogP contribution in [0.4, 0.5) is 0 Å². The number of ether oxygens (including phenoxy) is 1. The monoisotopic (exact) mass is 313 g/mol. The highest BCUT2D eigenvalue weighted by Crippen LogP contribution is 2.35. The summed E-state index contributed by atoms with van der Waals surface area (Å²) in [5, 5.41) is 2.99. The van der Waals surface area contributed by atoms with Crippen molar-refractivity contribution >= 4 is 5.91 Å². The van der Waals surface area contributed by atoms with E-state index >= 15 is 0 Å². The Kier molecular flexibility index (Phi) is 4.65. The molecule has 1 N–H and O–H groups in total. The number of hydrogen-bond donors (Lipinski definition) is 1. The van der Waals surface area contributed by atoms with Crippen LogP contribution in [0.25, 0.3) is 0 Å². The van der Waals surface area contributed by atoms with E-state index < -0.39 is 6.10 Å². The van der Waals surface area contributed by atoms with E-state index in [4.69, 9.17) is 4.74 Å². The van der Waals surface area contributed by atoms with Gasteiger partial charge in [0.05, 0.1) is 18.6 Å². The van der Waals surface area contributed by atoms with Crippen LogP contribution < -0.4 is 10.1 Å². The molecule has 1 aromatic heterocycles. The van der Waals surface area contributed by atoms with Crippen molar-refractivity contribution in [2.75, 3.05) is 0 Å². The van der Waals surface area contributed by atoms with Gasteiger partial charge in [-0.2, -0.15) is 0 Å². The molecule has 0 unspecified atom stereocenters. The molecule has 0 saturated heterocycles. The third-order valence-electron chi connectivity index (χ3n) is 4.00. The van der Waals surface area contributed by atoms with Crippen LogP contribution in [-0.4, -0.2) is 21.6 Å². The molecule has 1 aliphatic rings. The molecular formula is C18H23N3O2. The van der Waals surface area contributed by atoms with Crippen LogP contribution in [0.5, 0.6) is 5.75 Å². The van der Waals surface area contributed by atoms with Gasteiger partial charge in [-0.25, -0.2) is 4.98 Å². The predicted octanol–water partition coefficient (Wildman–Crippen LogP) is 2.94. The van der Waals surface area contributed by atoms with Crippen molar-refractivity contribution in [1.29, 1.82) is 0 Å². The lowest BCUT2D eigenvalue weighted by Gasteiger charge is -2.22. The minimum Gasteiger partial charge on any atom is -0.480 e. The maximum Gasteiger partial charge on any atom is 0.261 e. The van der Waals surface area contributed by atoms with Crippen LogP contribution in [0.1, 0.15) is 38.4 Å². The number of aromatic nitrogens is 2. The first-order valence-electron chi connectivity index (χ1n) is 8.15. The molecule has 2 aromatic rings. The predicted molar refractivity (Wildman–Crippen MR) is 88.0 cm³/mol. The summed E-state index contributed by atoms with van der Waals surface area (Å²) in [7, 11) is 0. The van der Waals surface area contributed by atoms with E-state index in [1.54, 1.807) is 0 Å². The van der Waals surface area contributed by atoms with E-state index in [-0.39, 0.29) is 11.8 Å².